The summed E-state index contributed by atoms with van der Waals surface area (Å²) in [6.07, 6.45) is 0.852. The Balaban J connectivity index is 1.65. The number of fused-ring (bicyclic) bond motifs is 2. The smallest absolute Gasteiger partial charge is 0.258 e. The third-order valence-corrected chi connectivity index (χ3v) is 6.46. The van der Waals surface area contributed by atoms with E-state index in [9.17, 15) is 4.79 Å². The minimum absolute atomic E-state index is 0.0279. The highest BCUT2D eigenvalue weighted by Crippen LogP contribution is 2.40. The Kier molecular flexibility index (Phi) is 4.60. The molecule has 1 aromatic heterocycles. The molecule has 0 fully saturated rings. The average molecular weight is 439 g/mol. The summed E-state index contributed by atoms with van der Waals surface area (Å²) in [5.74, 6) is 0.819. The van der Waals surface area contributed by atoms with E-state index in [2.05, 4.69) is 16.5 Å². The first-order valence-corrected chi connectivity index (χ1v) is 10.6. The largest absolute Gasteiger partial charge is 0.344 e. The number of hydrogen-bond acceptors (Lipinski definition) is 3. The van der Waals surface area contributed by atoms with Crippen molar-refractivity contribution >= 4 is 40.6 Å². The first-order valence-electron chi connectivity index (χ1n) is 9.82. The monoisotopic (exact) mass is 438 g/mol. The number of halogens is 2. The maximum Gasteiger partial charge on any atom is 0.258 e. The van der Waals surface area contributed by atoms with Crippen molar-refractivity contribution in [3.8, 4) is 0 Å². The molecule has 1 atom stereocenters. The van der Waals surface area contributed by atoms with Gasteiger partial charge in [-0.1, -0.05) is 47.5 Å². The lowest BCUT2D eigenvalue weighted by Gasteiger charge is -2.32. The predicted molar refractivity (Wildman–Crippen MR) is 120 cm³/mol. The number of benzene rings is 2. The highest BCUT2D eigenvalue weighted by molar-refractivity contribution is 6.42. The van der Waals surface area contributed by atoms with Gasteiger partial charge in [0.25, 0.3) is 5.91 Å². The summed E-state index contributed by atoms with van der Waals surface area (Å²) < 4.78 is 1.86. The van der Waals surface area contributed by atoms with E-state index in [4.69, 9.17) is 23.2 Å². The van der Waals surface area contributed by atoms with Gasteiger partial charge in [-0.2, -0.15) is 5.10 Å². The van der Waals surface area contributed by atoms with Crippen molar-refractivity contribution in [1.29, 1.82) is 0 Å². The van der Waals surface area contributed by atoms with Gasteiger partial charge in [-0.15, -0.1) is 0 Å². The highest BCUT2D eigenvalue weighted by atomic mass is 35.5. The van der Waals surface area contributed by atoms with Crippen LogP contribution in [0.5, 0.6) is 0 Å². The fraction of sp³-hybridized carbons (Fsp3) is 0.217. The van der Waals surface area contributed by atoms with Crippen molar-refractivity contribution < 1.29 is 4.79 Å². The normalized spacial score (nSPS) is 17.6. The van der Waals surface area contributed by atoms with Crippen LogP contribution in [0.15, 0.2) is 59.8 Å². The van der Waals surface area contributed by atoms with Gasteiger partial charge in [-0.05, 0) is 49.6 Å². The number of carbonyl (C=O) groups is 1. The van der Waals surface area contributed by atoms with Crippen LogP contribution in [0.1, 0.15) is 29.8 Å². The number of para-hydroxylation sites is 1. The topological polar surface area (TPSA) is 50.2 Å². The van der Waals surface area contributed by atoms with E-state index in [-0.39, 0.29) is 5.91 Å². The molecule has 1 unspecified atom stereocenters. The number of allylic oxidation sites excluding steroid dienone is 1. The third-order valence-electron chi connectivity index (χ3n) is 5.72. The van der Waals surface area contributed by atoms with E-state index in [1.54, 1.807) is 6.07 Å². The fourth-order valence-corrected chi connectivity index (χ4v) is 4.66. The van der Waals surface area contributed by atoms with Crippen molar-refractivity contribution in [1.82, 2.24) is 9.78 Å². The van der Waals surface area contributed by atoms with E-state index in [0.717, 1.165) is 34.9 Å². The minimum atomic E-state index is -0.398. The van der Waals surface area contributed by atoms with Crippen LogP contribution in [-0.4, -0.2) is 22.2 Å². The Bertz CT molecular complexity index is 1210. The second-order valence-corrected chi connectivity index (χ2v) is 8.51. The zero-order chi connectivity index (χ0) is 21.0. The summed E-state index contributed by atoms with van der Waals surface area (Å²) in [6.45, 7) is 4.53. The quantitative estimate of drug-likeness (QED) is 0.584. The van der Waals surface area contributed by atoms with Crippen LogP contribution >= 0.6 is 23.2 Å². The average Bonchev–Trinajstić information content (AvgIpc) is 3.31. The van der Waals surface area contributed by atoms with E-state index in [0.29, 0.717) is 22.2 Å². The number of nitrogens with zero attached hydrogens (tertiary/aromatic N) is 3. The summed E-state index contributed by atoms with van der Waals surface area (Å²) in [4.78, 5) is 15.7. The van der Waals surface area contributed by atoms with E-state index in [1.165, 1.54) is 5.56 Å². The molecule has 2 aromatic carbocycles. The molecule has 152 valence electrons. The molecule has 0 spiro atoms. The van der Waals surface area contributed by atoms with Crippen LogP contribution in [0.4, 0.5) is 11.5 Å². The lowest BCUT2D eigenvalue weighted by atomic mass is 9.94. The van der Waals surface area contributed by atoms with Gasteiger partial charge in [-0.3, -0.25) is 4.79 Å². The molecule has 2 aliphatic heterocycles. The first kappa shape index (κ1) is 19.2. The molecule has 3 aromatic rings. The van der Waals surface area contributed by atoms with Gasteiger partial charge in [0.2, 0.25) is 0 Å². The zero-order valence-electron chi connectivity index (χ0n) is 16.6. The zero-order valence-corrected chi connectivity index (χ0v) is 18.1. The Morgan fingerprint density at radius 2 is 1.90 bits per heavy atom. The van der Waals surface area contributed by atoms with Gasteiger partial charge in [0.15, 0.2) is 0 Å². The van der Waals surface area contributed by atoms with Crippen molar-refractivity contribution in [3.63, 3.8) is 0 Å². The molecule has 0 radical (unpaired) electrons. The lowest BCUT2D eigenvalue weighted by molar-refractivity contribution is -0.115. The summed E-state index contributed by atoms with van der Waals surface area (Å²) >= 11 is 12.5. The molecule has 2 aliphatic rings. The molecule has 1 N–H and O–H groups in total. The molecule has 5 nitrogen and oxygen atoms in total. The second-order valence-electron chi connectivity index (χ2n) is 7.69. The number of carbonyl (C=O) groups excluding carboxylic acids is 1. The maximum atomic E-state index is 13.9. The van der Waals surface area contributed by atoms with Gasteiger partial charge in [0, 0.05) is 24.0 Å². The standard InChI is InChI=1S/C23H20Cl2N4O/c1-13-11-20-26-14(2)21(23(30)28-10-9-15-5-3-4-6-19(15)28)22(29(20)27-13)16-7-8-17(24)18(25)12-16/h3-8,11-12,22,26H,9-10H2,1-2H3. The lowest BCUT2D eigenvalue weighted by Crippen LogP contribution is -2.37. The summed E-state index contributed by atoms with van der Waals surface area (Å²) in [5, 5.41) is 8.96. The van der Waals surface area contributed by atoms with Crippen LogP contribution in [0.25, 0.3) is 0 Å². The van der Waals surface area contributed by atoms with Gasteiger partial charge >= 0.3 is 0 Å². The Labute approximate surface area is 184 Å². The number of nitrogens with one attached hydrogen (secondary N) is 1. The van der Waals surface area contributed by atoms with Crippen LogP contribution in [0, 0.1) is 6.92 Å². The molecular formula is C23H20Cl2N4O. The molecule has 30 heavy (non-hydrogen) atoms. The van der Waals surface area contributed by atoms with Gasteiger partial charge in [0.1, 0.15) is 11.9 Å². The Morgan fingerprint density at radius 1 is 1.10 bits per heavy atom. The number of anilines is 2. The number of amides is 1. The molecular weight excluding hydrogens is 419 g/mol. The minimum Gasteiger partial charge on any atom is -0.344 e. The number of aryl methyl sites for hydroxylation is 1. The van der Waals surface area contributed by atoms with Gasteiger partial charge < -0.3 is 10.2 Å². The van der Waals surface area contributed by atoms with Crippen molar-refractivity contribution in [2.75, 3.05) is 16.8 Å². The van der Waals surface area contributed by atoms with Crippen LogP contribution in [0.3, 0.4) is 0 Å². The van der Waals surface area contributed by atoms with Crippen molar-refractivity contribution in [3.05, 3.63) is 86.7 Å². The maximum absolute atomic E-state index is 13.9. The summed E-state index contributed by atoms with van der Waals surface area (Å²) in [5.41, 5.74) is 5.36. The molecule has 0 saturated carbocycles. The number of rotatable bonds is 2. The number of hydrogen-bond donors (Lipinski definition) is 1. The van der Waals surface area contributed by atoms with Crippen LogP contribution < -0.4 is 10.2 Å². The second kappa shape index (κ2) is 7.18. The molecule has 0 saturated heterocycles. The summed E-state index contributed by atoms with van der Waals surface area (Å²) in [7, 11) is 0. The molecule has 0 bridgehead atoms. The highest BCUT2D eigenvalue weighted by Gasteiger charge is 2.37. The number of aromatic nitrogens is 2. The van der Waals surface area contributed by atoms with Crippen LogP contribution in [0.2, 0.25) is 10.0 Å². The Morgan fingerprint density at radius 3 is 2.70 bits per heavy atom. The van der Waals surface area contributed by atoms with Crippen molar-refractivity contribution in [2.45, 2.75) is 26.3 Å². The van der Waals surface area contributed by atoms with Crippen LogP contribution in [-0.2, 0) is 11.2 Å². The van der Waals surface area contributed by atoms with Gasteiger partial charge in [0.05, 0.1) is 21.3 Å². The van der Waals surface area contributed by atoms with E-state index < -0.39 is 6.04 Å². The third kappa shape index (κ3) is 3.01. The van der Waals surface area contributed by atoms with E-state index >= 15 is 0 Å². The Hall–Kier alpha value is -2.76. The molecule has 5 rings (SSSR count). The predicted octanol–water partition coefficient (Wildman–Crippen LogP) is 5.38. The molecule has 0 aliphatic carbocycles. The van der Waals surface area contributed by atoms with Crippen molar-refractivity contribution in [2.24, 2.45) is 0 Å². The SMILES string of the molecule is CC1=C(C(=O)N2CCc3ccccc32)C(c2ccc(Cl)c(Cl)c2)n2nc(C)cc2N1. The fourth-order valence-electron chi connectivity index (χ4n) is 4.36. The van der Waals surface area contributed by atoms with E-state index in [1.807, 2.05) is 59.8 Å². The molecule has 3 heterocycles. The van der Waals surface area contributed by atoms with Gasteiger partial charge in [-0.25, -0.2) is 4.68 Å². The molecule has 7 heteroatoms. The first-order chi connectivity index (χ1) is 14.4. The summed E-state index contributed by atoms with van der Waals surface area (Å²) in [6, 6.07) is 15.1. The molecule has 1 amide bonds.